The minimum Gasteiger partial charge on any atom is -0.444 e. The van der Waals surface area contributed by atoms with Crippen molar-refractivity contribution in [2.75, 3.05) is 32.7 Å². The lowest BCUT2D eigenvalue weighted by Gasteiger charge is -2.45. The average molecular weight is 311 g/mol. The third-order valence-corrected chi connectivity index (χ3v) is 4.32. The summed E-state index contributed by atoms with van der Waals surface area (Å²) in [4.78, 5) is 27.5. The number of nitrogens with one attached hydrogen (secondary N) is 1. The molecule has 0 aromatic heterocycles. The largest absolute Gasteiger partial charge is 0.444 e. The van der Waals surface area contributed by atoms with Gasteiger partial charge in [0.1, 0.15) is 5.60 Å². The molecule has 0 aliphatic carbocycles. The topological polar surface area (TPSA) is 71.1 Å². The molecule has 124 valence electrons. The lowest BCUT2D eigenvalue weighted by Crippen LogP contribution is -2.66. The number of ether oxygens (including phenoxy) is 2. The van der Waals surface area contributed by atoms with Crippen molar-refractivity contribution in [3.63, 3.8) is 0 Å². The molecule has 3 fully saturated rings. The Morgan fingerprint density at radius 1 is 1.36 bits per heavy atom. The Bertz CT molecular complexity index is 462. The summed E-state index contributed by atoms with van der Waals surface area (Å²) in [6, 6.07) is 0.205. The van der Waals surface area contributed by atoms with Gasteiger partial charge in [-0.15, -0.1) is 0 Å². The normalized spacial score (nSPS) is 27.6. The molecular formula is C15H25N3O4. The molecular weight excluding hydrogens is 286 g/mol. The number of carbonyl (C=O) groups excluding carboxylic acids is 2. The van der Waals surface area contributed by atoms with Crippen LogP contribution in [0.3, 0.4) is 0 Å². The van der Waals surface area contributed by atoms with Crippen LogP contribution < -0.4 is 5.32 Å². The summed E-state index contributed by atoms with van der Waals surface area (Å²) in [5, 5.41) is 3.31. The zero-order valence-electron chi connectivity index (χ0n) is 13.6. The molecule has 1 N–H and O–H groups in total. The summed E-state index contributed by atoms with van der Waals surface area (Å²) in [7, 11) is 0. The number of piperidine rings is 1. The number of likely N-dealkylation sites (tertiary alicyclic amines) is 1. The lowest BCUT2D eigenvalue weighted by molar-refractivity contribution is -0.0789. The van der Waals surface area contributed by atoms with Gasteiger partial charge in [-0.25, -0.2) is 9.59 Å². The maximum atomic E-state index is 12.1. The van der Waals surface area contributed by atoms with E-state index in [9.17, 15) is 9.59 Å². The molecule has 3 rings (SSSR count). The van der Waals surface area contributed by atoms with Gasteiger partial charge in [0.05, 0.1) is 19.6 Å². The van der Waals surface area contributed by atoms with Crippen LogP contribution in [0.2, 0.25) is 0 Å². The van der Waals surface area contributed by atoms with E-state index < -0.39 is 11.2 Å². The fraction of sp³-hybridized carbons (Fsp3) is 0.867. The molecule has 0 radical (unpaired) electrons. The van der Waals surface area contributed by atoms with E-state index in [1.807, 2.05) is 25.7 Å². The van der Waals surface area contributed by atoms with Gasteiger partial charge < -0.3 is 14.8 Å². The first kappa shape index (κ1) is 15.4. The van der Waals surface area contributed by atoms with E-state index in [0.717, 1.165) is 25.9 Å². The molecule has 0 saturated carbocycles. The highest BCUT2D eigenvalue weighted by atomic mass is 16.6. The number of hydrogen-bond donors (Lipinski definition) is 1. The number of nitrogens with zero attached hydrogens (tertiary/aromatic N) is 2. The smallest absolute Gasteiger partial charge is 0.410 e. The fourth-order valence-corrected chi connectivity index (χ4v) is 3.30. The van der Waals surface area contributed by atoms with Gasteiger partial charge in [0, 0.05) is 12.6 Å². The van der Waals surface area contributed by atoms with Crippen LogP contribution in [0.25, 0.3) is 0 Å². The van der Waals surface area contributed by atoms with E-state index in [4.69, 9.17) is 9.47 Å². The molecule has 1 unspecified atom stereocenters. The van der Waals surface area contributed by atoms with E-state index in [0.29, 0.717) is 19.6 Å². The molecule has 0 aromatic rings. The van der Waals surface area contributed by atoms with Crippen LogP contribution >= 0.6 is 0 Å². The maximum absolute atomic E-state index is 12.1. The molecule has 1 atom stereocenters. The van der Waals surface area contributed by atoms with Crippen LogP contribution in [0.5, 0.6) is 0 Å². The number of rotatable bonds is 1. The zero-order chi connectivity index (χ0) is 16.0. The summed E-state index contributed by atoms with van der Waals surface area (Å²) in [6.07, 6.45) is 1.49. The monoisotopic (exact) mass is 311 g/mol. The second-order valence-electron chi connectivity index (χ2n) is 7.52. The highest BCUT2D eigenvalue weighted by molar-refractivity contribution is 5.74. The Balaban J connectivity index is 1.55. The Morgan fingerprint density at radius 3 is 2.68 bits per heavy atom. The number of hydrogen-bond acceptors (Lipinski definition) is 5. The van der Waals surface area contributed by atoms with E-state index in [1.165, 1.54) is 0 Å². The third kappa shape index (κ3) is 2.99. The van der Waals surface area contributed by atoms with Crippen LogP contribution in [0.15, 0.2) is 0 Å². The zero-order valence-corrected chi connectivity index (χ0v) is 13.6. The van der Waals surface area contributed by atoms with E-state index >= 15 is 0 Å². The summed E-state index contributed by atoms with van der Waals surface area (Å²) in [5.41, 5.74) is -1.04. The maximum Gasteiger partial charge on any atom is 0.410 e. The molecule has 3 aliphatic heterocycles. The van der Waals surface area contributed by atoms with Crippen molar-refractivity contribution in [1.82, 2.24) is 15.1 Å². The average Bonchev–Trinajstić information content (AvgIpc) is 2.74. The Labute approximate surface area is 130 Å². The van der Waals surface area contributed by atoms with E-state index in [1.54, 1.807) is 4.90 Å². The quantitative estimate of drug-likeness (QED) is 0.787. The van der Waals surface area contributed by atoms with Crippen molar-refractivity contribution >= 4 is 12.2 Å². The molecule has 2 amide bonds. The van der Waals surface area contributed by atoms with Gasteiger partial charge in [-0.3, -0.25) is 9.80 Å². The van der Waals surface area contributed by atoms with Gasteiger partial charge in [-0.2, -0.15) is 0 Å². The first-order chi connectivity index (χ1) is 10.3. The number of carbonyl (C=O) groups is 2. The van der Waals surface area contributed by atoms with Crippen molar-refractivity contribution in [2.24, 2.45) is 0 Å². The van der Waals surface area contributed by atoms with Gasteiger partial charge in [0.2, 0.25) is 0 Å². The first-order valence-electron chi connectivity index (χ1n) is 7.96. The van der Waals surface area contributed by atoms with Gasteiger partial charge in [0.15, 0.2) is 5.60 Å². The fourth-order valence-electron chi connectivity index (χ4n) is 3.30. The van der Waals surface area contributed by atoms with Crippen molar-refractivity contribution in [3.8, 4) is 0 Å². The second kappa shape index (κ2) is 5.30. The minimum absolute atomic E-state index is 0.205. The van der Waals surface area contributed by atoms with Gasteiger partial charge in [0.25, 0.3) is 0 Å². The number of amides is 2. The van der Waals surface area contributed by atoms with Crippen molar-refractivity contribution in [1.29, 1.82) is 0 Å². The first-order valence-corrected chi connectivity index (χ1v) is 7.96. The standard InChI is InChI=1S/C15H25N3O4/c1-14(2,3)21-12(19)17-8-15(9-17)10-18(13(20)22-15)11-5-4-6-16-7-11/h11,16H,4-10H2,1-3H3. The highest BCUT2D eigenvalue weighted by Gasteiger charge is 2.56. The molecule has 7 nitrogen and oxygen atoms in total. The summed E-state index contributed by atoms with van der Waals surface area (Å²) >= 11 is 0. The lowest BCUT2D eigenvalue weighted by atomic mass is 9.93. The van der Waals surface area contributed by atoms with Crippen molar-refractivity contribution < 1.29 is 19.1 Å². The van der Waals surface area contributed by atoms with Gasteiger partial charge >= 0.3 is 12.2 Å². The summed E-state index contributed by atoms with van der Waals surface area (Å²) in [5.74, 6) is 0. The predicted molar refractivity (Wildman–Crippen MR) is 79.6 cm³/mol. The second-order valence-corrected chi connectivity index (χ2v) is 7.52. The van der Waals surface area contributed by atoms with Crippen LogP contribution in [-0.4, -0.2) is 72.0 Å². The van der Waals surface area contributed by atoms with Crippen LogP contribution in [-0.2, 0) is 9.47 Å². The molecule has 0 bridgehead atoms. The molecule has 3 aliphatic rings. The van der Waals surface area contributed by atoms with Crippen LogP contribution in [0.4, 0.5) is 9.59 Å². The Kier molecular flexibility index (Phi) is 3.71. The molecule has 0 aromatic carbocycles. The van der Waals surface area contributed by atoms with Gasteiger partial charge in [-0.1, -0.05) is 0 Å². The molecule has 3 saturated heterocycles. The molecule has 22 heavy (non-hydrogen) atoms. The highest BCUT2D eigenvalue weighted by Crippen LogP contribution is 2.35. The predicted octanol–water partition coefficient (Wildman–Crippen LogP) is 1.18. The Hall–Kier alpha value is -1.50. The van der Waals surface area contributed by atoms with E-state index in [2.05, 4.69) is 5.32 Å². The van der Waals surface area contributed by atoms with Crippen molar-refractivity contribution in [2.45, 2.75) is 50.9 Å². The molecule has 7 heteroatoms. The van der Waals surface area contributed by atoms with Crippen LogP contribution in [0, 0.1) is 0 Å². The summed E-state index contributed by atoms with van der Waals surface area (Å²) < 4.78 is 10.9. The third-order valence-electron chi connectivity index (χ3n) is 4.32. The SMILES string of the molecule is CC(C)(C)OC(=O)N1CC2(C1)CN(C1CCCNC1)C(=O)O2. The van der Waals surface area contributed by atoms with Gasteiger partial charge in [-0.05, 0) is 40.2 Å². The summed E-state index contributed by atoms with van der Waals surface area (Å²) in [6.45, 7) is 8.76. The van der Waals surface area contributed by atoms with Crippen LogP contribution in [0.1, 0.15) is 33.6 Å². The van der Waals surface area contributed by atoms with E-state index in [-0.39, 0.29) is 18.2 Å². The van der Waals surface area contributed by atoms with Crippen molar-refractivity contribution in [3.05, 3.63) is 0 Å². The molecule has 1 spiro atoms. The Morgan fingerprint density at radius 2 is 2.09 bits per heavy atom. The molecule has 3 heterocycles. The minimum atomic E-state index is -0.536.